The van der Waals surface area contributed by atoms with Crippen LogP contribution in [0.2, 0.25) is 0 Å². The maximum atomic E-state index is 14.3. The van der Waals surface area contributed by atoms with E-state index in [0.717, 1.165) is 22.7 Å². The third-order valence-corrected chi connectivity index (χ3v) is 5.45. The molecule has 26 heavy (non-hydrogen) atoms. The van der Waals surface area contributed by atoms with E-state index in [1.807, 2.05) is 0 Å². The number of nitrogens with one attached hydrogen (secondary N) is 1. The molecule has 3 aromatic rings. The summed E-state index contributed by atoms with van der Waals surface area (Å²) in [6.45, 7) is 1.40. The molecule has 0 saturated carbocycles. The lowest BCUT2D eigenvalue weighted by Gasteiger charge is -2.08. The third kappa shape index (κ3) is 3.06. The number of hydrogen-bond donors (Lipinski definition) is 3. The van der Waals surface area contributed by atoms with Gasteiger partial charge in [0.15, 0.2) is 11.6 Å². The summed E-state index contributed by atoms with van der Waals surface area (Å²) in [5, 5.41) is 24.3. The van der Waals surface area contributed by atoms with Crippen molar-refractivity contribution in [3.63, 3.8) is 0 Å². The molecular formula is C17H11F2NO4S2. The quantitative estimate of drug-likeness (QED) is 0.597. The Hall–Kier alpha value is -2.78. The zero-order valence-electron chi connectivity index (χ0n) is 13.2. The number of carboxylic acid groups (broad SMARTS) is 1. The van der Waals surface area contributed by atoms with E-state index in [9.17, 15) is 28.6 Å². The summed E-state index contributed by atoms with van der Waals surface area (Å²) < 4.78 is 28.1. The van der Waals surface area contributed by atoms with Crippen molar-refractivity contribution in [3.05, 3.63) is 56.6 Å². The molecule has 0 atom stereocenters. The van der Waals surface area contributed by atoms with Crippen LogP contribution in [0.4, 0.5) is 13.8 Å². The number of carbonyl (C=O) groups is 2. The molecule has 0 saturated heterocycles. The molecule has 2 aromatic heterocycles. The van der Waals surface area contributed by atoms with E-state index >= 15 is 0 Å². The van der Waals surface area contributed by atoms with Crippen LogP contribution in [-0.2, 0) is 0 Å². The predicted molar refractivity (Wildman–Crippen MR) is 95.3 cm³/mol. The number of anilines is 1. The first kappa shape index (κ1) is 18.0. The van der Waals surface area contributed by atoms with E-state index in [-0.39, 0.29) is 37.9 Å². The maximum Gasteiger partial charge on any atom is 0.339 e. The van der Waals surface area contributed by atoms with Crippen LogP contribution in [-0.4, -0.2) is 22.1 Å². The normalized spacial score (nSPS) is 10.7. The Morgan fingerprint density at radius 1 is 1.08 bits per heavy atom. The van der Waals surface area contributed by atoms with Gasteiger partial charge < -0.3 is 15.5 Å². The predicted octanol–water partition coefficient (Wildman–Crippen LogP) is 4.72. The minimum Gasteiger partial charge on any atom is -0.506 e. The molecule has 1 amide bonds. The zero-order valence-corrected chi connectivity index (χ0v) is 14.8. The van der Waals surface area contributed by atoms with E-state index in [0.29, 0.717) is 0 Å². The average Bonchev–Trinajstić information content (AvgIpc) is 3.19. The van der Waals surface area contributed by atoms with Gasteiger partial charge in [-0.1, -0.05) is 12.1 Å². The lowest BCUT2D eigenvalue weighted by Crippen LogP contribution is -2.12. The molecular weight excluding hydrogens is 384 g/mol. The summed E-state index contributed by atoms with van der Waals surface area (Å²) in [4.78, 5) is 23.9. The number of benzene rings is 1. The van der Waals surface area contributed by atoms with Crippen molar-refractivity contribution < 1.29 is 28.6 Å². The molecule has 0 bridgehead atoms. The average molecular weight is 395 g/mol. The van der Waals surface area contributed by atoms with E-state index in [2.05, 4.69) is 5.32 Å². The van der Waals surface area contributed by atoms with Crippen molar-refractivity contribution in [3.8, 4) is 16.9 Å². The smallest absolute Gasteiger partial charge is 0.339 e. The molecule has 0 aliphatic rings. The molecule has 9 heteroatoms. The van der Waals surface area contributed by atoms with Gasteiger partial charge in [0.05, 0.1) is 0 Å². The van der Waals surface area contributed by atoms with Crippen LogP contribution in [0.25, 0.3) is 11.1 Å². The number of aromatic hydroxyl groups is 1. The Labute approximate surface area is 154 Å². The van der Waals surface area contributed by atoms with Gasteiger partial charge in [-0.2, -0.15) is 0 Å². The van der Waals surface area contributed by atoms with E-state index in [1.165, 1.54) is 35.9 Å². The number of rotatable bonds is 4. The molecule has 0 aliphatic carbocycles. The SMILES string of the molecule is Cc1ccc(-c2csc(NC(=O)c3sccc3O)c2C(=O)O)c(F)c1F. The lowest BCUT2D eigenvalue weighted by atomic mass is 10.0. The van der Waals surface area contributed by atoms with Gasteiger partial charge in [-0.25, -0.2) is 13.6 Å². The fourth-order valence-electron chi connectivity index (χ4n) is 2.35. The van der Waals surface area contributed by atoms with Crippen LogP contribution in [0, 0.1) is 18.6 Å². The molecule has 3 N–H and O–H groups in total. The zero-order chi connectivity index (χ0) is 19.0. The second kappa shape index (κ2) is 6.85. The molecule has 3 rings (SSSR count). The number of halogens is 2. The molecule has 0 unspecified atom stereocenters. The summed E-state index contributed by atoms with van der Waals surface area (Å²) in [7, 11) is 0. The molecule has 0 fully saturated rings. The third-order valence-electron chi connectivity index (χ3n) is 3.65. The molecule has 0 aliphatic heterocycles. The number of thiophene rings is 2. The molecule has 5 nitrogen and oxygen atoms in total. The van der Waals surface area contributed by atoms with Crippen LogP contribution >= 0.6 is 22.7 Å². The first-order chi connectivity index (χ1) is 12.3. The maximum absolute atomic E-state index is 14.3. The van der Waals surface area contributed by atoms with Gasteiger partial charge in [-0.05, 0) is 23.9 Å². The lowest BCUT2D eigenvalue weighted by molar-refractivity contribution is 0.0699. The summed E-state index contributed by atoms with van der Waals surface area (Å²) in [6.07, 6.45) is 0. The molecule has 2 heterocycles. The Morgan fingerprint density at radius 3 is 2.42 bits per heavy atom. The monoisotopic (exact) mass is 395 g/mol. The van der Waals surface area contributed by atoms with Crippen molar-refractivity contribution in [1.29, 1.82) is 0 Å². The first-order valence-corrected chi connectivity index (χ1v) is 8.94. The number of aryl methyl sites for hydroxylation is 1. The van der Waals surface area contributed by atoms with Gasteiger partial charge in [0, 0.05) is 16.5 Å². The Bertz CT molecular complexity index is 1030. The standard InChI is InChI=1S/C17H11F2NO4S2/c1-7-2-3-8(13(19)12(7)18)9-6-26-16(11(9)17(23)24)20-15(22)14-10(21)4-5-25-14/h2-6,21H,1H3,(H,20,22)(H,23,24). The molecule has 0 spiro atoms. The number of amides is 1. The van der Waals surface area contributed by atoms with Crippen molar-refractivity contribution in [2.24, 2.45) is 0 Å². The van der Waals surface area contributed by atoms with Gasteiger partial charge >= 0.3 is 5.97 Å². The summed E-state index contributed by atoms with van der Waals surface area (Å²) >= 11 is 1.86. The van der Waals surface area contributed by atoms with Gasteiger partial charge in [0.2, 0.25) is 0 Å². The van der Waals surface area contributed by atoms with Gasteiger partial charge in [-0.3, -0.25) is 4.79 Å². The highest BCUT2D eigenvalue weighted by Crippen LogP contribution is 2.38. The number of carbonyl (C=O) groups excluding carboxylic acids is 1. The first-order valence-electron chi connectivity index (χ1n) is 7.18. The fraction of sp³-hybridized carbons (Fsp3) is 0.0588. The molecule has 1 aromatic carbocycles. The highest BCUT2D eigenvalue weighted by Gasteiger charge is 2.25. The Morgan fingerprint density at radius 2 is 1.81 bits per heavy atom. The van der Waals surface area contributed by atoms with Gasteiger partial charge in [-0.15, -0.1) is 22.7 Å². The number of carboxylic acids is 1. The van der Waals surface area contributed by atoms with Crippen molar-refractivity contribution in [2.45, 2.75) is 6.92 Å². The minimum absolute atomic E-state index is 0.0175. The largest absolute Gasteiger partial charge is 0.506 e. The van der Waals surface area contributed by atoms with Gasteiger partial charge in [0.1, 0.15) is 21.2 Å². The second-order valence-corrected chi connectivity index (χ2v) is 7.10. The minimum atomic E-state index is -1.40. The van der Waals surface area contributed by atoms with Crippen LogP contribution in [0.3, 0.4) is 0 Å². The van der Waals surface area contributed by atoms with Crippen LogP contribution in [0.5, 0.6) is 5.75 Å². The number of aromatic carboxylic acids is 1. The number of hydrogen-bond acceptors (Lipinski definition) is 5. The summed E-state index contributed by atoms with van der Waals surface area (Å²) in [6, 6.07) is 3.97. The van der Waals surface area contributed by atoms with Crippen molar-refractivity contribution in [2.75, 3.05) is 5.32 Å². The van der Waals surface area contributed by atoms with E-state index in [1.54, 1.807) is 0 Å². The molecule has 0 radical (unpaired) electrons. The van der Waals surface area contributed by atoms with Crippen LogP contribution < -0.4 is 5.32 Å². The second-order valence-electron chi connectivity index (χ2n) is 5.31. The van der Waals surface area contributed by atoms with Gasteiger partial charge in [0.25, 0.3) is 5.91 Å². The van der Waals surface area contributed by atoms with E-state index < -0.39 is 23.5 Å². The van der Waals surface area contributed by atoms with Crippen LogP contribution in [0.15, 0.2) is 29.0 Å². The van der Waals surface area contributed by atoms with Crippen LogP contribution in [0.1, 0.15) is 25.6 Å². The summed E-state index contributed by atoms with van der Waals surface area (Å²) in [5.74, 6) is -4.53. The highest BCUT2D eigenvalue weighted by atomic mass is 32.1. The topological polar surface area (TPSA) is 86.6 Å². The fourth-order valence-corrected chi connectivity index (χ4v) is 3.97. The molecule has 134 valence electrons. The Balaban J connectivity index is 2.05. The Kier molecular flexibility index (Phi) is 4.75. The van der Waals surface area contributed by atoms with E-state index in [4.69, 9.17) is 0 Å². The van der Waals surface area contributed by atoms with Crippen molar-refractivity contribution in [1.82, 2.24) is 0 Å². The highest BCUT2D eigenvalue weighted by molar-refractivity contribution is 7.15. The summed E-state index contributed by atoms with van der Waals surface area (Å²) in [5.41, 5.74) is -0.493. The van der Waals surface area contributed by atoms with Crippen molar-refractivity contribution >= 4 is 39.6 Å².